The number of hydrogen-bond acceptors (Lipinski definition) is 6. The molecule has 6 nitrogen and oxygen atoms in total. The van der Waals surface area contributed by atoms with Gasteiger partial charge >= 0.3 is 0 Å². The van der Waals surface area contributed by atoms with Crippen LogP contribution >= 0.6 is 0 Å². The van der Waals surface area contributed by atoms with Crippen molar-refractivity contribution in [1.82, 2.24) is 0 Å². The van der Waals surface area contributed by atoms with Crippen molar-refractivity contribution >= 4 is 17.9 Å². The molecule has 0 amide bonds. The minimum Gasteiger partial charge on any atom is -0.508 e. The van der Waals surface area contributed by atoms with Gasteiger partial charge in [-0.15, -0.1) is 0 Å². The monoisotopic (exact) mass is 427 g/mol. The molecular formula is C24H25FO6. The summed E-state index contributed by atoms with van der Waals surface area (Å²) in [5.74, 6) is 0.625. The van der Waals surface area contributed by atoms with E-state index >= 15 is 0 Å². The van der Waals surface area contributed by atoms with Crippen LogP contribution in [0.15, 0.2) is 60.4 Å². The van der Waals surface area contributed by atoms with Crippen molar-refractivity contribution in [2.75, 3.05) is 27.5 Å². The number of ether oxygens (including phenoxy) is 3. The number of hydrogen-bond donors (Lipinski definition) is 2. The van der Waals surface area contributed by atoms with Gasteiger partial charge in [0, 0.05) is 12.5 Å². The second kappa shape index (κ2) is 12.1. The summed E-state index contributed by atoms with van der Waals surface area (Å²) >= 11 is 0. The average molecular weight is 427 g/mol. The lowest BCUT2D eigenvalue weighted by Gasteiger charge is -2.10. The molecule has 0 bridgehead atoms. The van der Waals surface area contributed by atoms with Gasteiger partial charge in [0.1, 0.15) is 5.76 Å². The molecule has 0 spiro atoms. The van der Waals surface area contributed by atoms with Gasteiger partial charge < -0.3 is 24.4 Å². The van der Waals surface area contributed by atoms with Crippen molar-refractivity contribution in [3.63, 3.8) is 0 Å². The number of phenols is 1. The number of aliphatic hydroxyl groups excluding tert-OH is 1. The molecule has 0 heterocycles. The molecule has 2 aromatic carbocycles. The topological polar surface area (TPSA) is 85.2 Å². The van der Waals surface area contributed by atoms with Gasteiger partial charge in [0.2, 0.25) is 0 Å². The minimum absolute atomic E-state index is 0.0265. The Morgan fingerprint density at radius 2 is 1.61 bits per heavy atom. The molecular weight excluding hydrogens is 402 g/mol. The number of aliphatic hydroxyl groups is 1. The zero-order valence-corrected chi connectivity index (χ0v) is 17.4. The van der Waals surface area contributed by atoms with Gasteiger partial charge in [-0.05, 0) is 47.5 Å². The number of carbonyl (C=O) groups excluding carboxylic acids is 1. The van der Waals surface area contributed by atoms with E-state index < -0.39 is 12.5 Å². The Labute approximate surface area is 180 Å². The molecule has 0 aliphatic carbocycles. The predicted octanol–water partition coefficient (Wildman–Crippen LogP) is 4.89. The number of methoxy groups -OCH3 is 2. The highest BCUT2D eigenvalue weighted by molar-refractivity contribution is 6.02. The van der Waals surface area contributed by atoms with Crippen LogP contribution in [-0.4, -0.2) is 43.5 Å². The molecule has 0 saturated heterocycles. The first-order chi connectivity index (χ1) is 15.0. The highest BCUT2D eigenvalue weighted by atomic mass is 18.2. The van der Waals surface area contributed by atoms with Gasteiger partial charge in [-0.1, -0.05) is 24.3 Å². The molecule has 0 unspecified atom stereocenters. The molecule has 0 aliphatic heterocycles. The van der Waals surface area contributed by atoms with Crippen LogP contribution in [0.5, 0.6) is 23.0 Å². The fourth-order valence-corrected chi connectivity index (χ4v) is 2.56. The minimum atomic E-state index is -0.455. The van der Waals surface area contributed by atoms with Crippen LogP contribution in [0.2, 0.25) is 0 Å². The van der Waals surface area contributed by atoms with Gasteiger partial charge in [-0.25, -0.2) is 0 Å². The van der Waals surface area contributed by atoms with Crippen LogP contribution in [-0.2, 0) is 4.79 Å². The first-order valence-electron chi connectivity index (χ1n) is 9.51. The molecule has 0 atom stereocenters. The van der Waals surface area contributed by atoms with Crippen LogP contribution in [0.3, 0.4) is 0 Å². The molecule has 164 valence electrons. The number of halogens is 1. The maximum absolute atomic E-state index is 12.2. The lowest BCUT2D eigenvalue weighted by Crippen LogP contribution is -2.00. The summed E-state index contributed by atoms with van der Waals surface area (Å²) in [6, 6.07) is 9.87. The van der Waals surface area contributed by atoms with Gasteiger partial charge in [0.15, 0.2) is 28.8 Å². The van der Waals surface area contributed by atoms with Gasteiger partial charge in [0.25, 0.3) is 0 Å². The Morgan fingerprint density at radius 3 is 2.26 bits per heavy atom. The van der Waals surface area contributed by atoms with Crippen molar-refractivity contribution < 1.29 is 33.6 Å². The molecule has 2 N–H and O–H groups in total. The number of carbonyl (C=O) groups is 1. The Bertz CT molecular complexity index is 978. The number of aromatic hydroxyl groups is 1. The van der Waals surface area contributed by atoms with E-state index in [0.717, 1.165) is 6.08 Å². The van der Waals surface area contributed by atoms with Crippen LogP contribution in [0.4, 0.5) is 4.39 Å². The van der Waals surface area contributed by atoms with Crippen molar-refractivity contribution in [2.24, 2.45) is 0 Å². The molecule has 2 rings (SSSR count). The number of phenolic OH excluding ortho intramolecular Hbond substituents is 1. The van der Waals surface area contributed by atoms with E-state index in [2.05, 4.69) is 0 Å². The largest absolute Gasteiger partial charge is 0.508 e. The van der Waals surface area contributed by atoms with E-state index in [1.807, 2.05) is 0 Å². The zero-order chi connectivity index (χ0) is 22.6. The standard InChI is InChI=1S/C24H25FO6/c1-29-22-10-6-17(14-21(22)28)4-8-19(26)16-20(27)9-5-18-7-11-23(24(15-18)30-2)31-13-3-12-25/h4-11,14-16,26,28H,3,12-13H2,1-2H3/b8-4+,9-5+,19-16-/i25-1. The lowest BCUT2D eigenvalue weighted by atomic mass is 10.1. The Balaban J connectivity index is 2.01. The van der Waals surface area contributed by atoms with E-state index in [1.54, 1.807) is 42.5 Å². The summed E-state index contributed by atoms with van der Waals surface area (Å²) in [6.45, 7) is -0.211. The summed E-state index contributed by atoms with van der Waals surface area (Å²) < 4.78 is 27.9. The zero-order valence-electron chi connectivity index (χ0n) is 17.4. The lowest BCUT2D eigenvalue weighted by molar-refractivity contribution is -0.110. The van der Waals surface area contributed by atoms with E-state index in [4.69, 9.17) is 14.2 Å². The third-order valence-electron chi connectivity index (χ3n) is 4.10. The fourth-order valence-electron chi connectivity index (χ4n) is 2.56. The molecule has 0 saturated carbocycles. The van der Waals surface area contributed by atoms with E-state index in [-0.39, 0.29) is 18.1 Å². The molecule has 0 fully saturated rings. The summed E-state index contributed by atoms with van der Waals surface area (Å²) in [4.78, 5) is 12.1. The molecule has 0 radical (unpaired) electrons. The highest BCUT2D eigenvalue weighted by Gasteiger charge is 2.05. The van der Waals surface area contributed by atoms with Gasteiger partial charge in [-0.3, -0.25) is 9.18 Å². The second-order valence-electron chi connectivity index (χ2n) is 6.37. The summed E-state index contributed by atoms with van der Waals surface area (Å²) in [5, 5.41) is 19.7. The Kier molecular flexibility index (Phi) is 9.16. The van der Waals surface area contributed by atoms with Crippen molar-refractivity contribution in [2.45, 2.75) is 6.42 Å². The third-order valence-corrected chi connectivity index (χ3v) is 4.10. The van der Waals surface area contributed by atoms with Crippen molar-refractivity contribution in [1.29, 1.82) is 0 Å². The molecule has 0 aromatic heterocycles. The number of alkyl halides is 1. The third kappa shape index (κ3) is 7.54. The SMILES string of the molecule is COc1ccc(/C=C/C(O)=C/C(=O)/C=C/c2ccc(OCCC[18F])c(OC)c2)cc1O. The van der Waals surface area contributed by atoms with Crippen LogP contribution in [0.25, 0.3) is 12.2 Å². The maximum Gasteiger partial charge on any atom is 0.182 e. The van der Waals surface area contributed by atoms with Crippen molar-refractivity contribution in [3.8, 4) is 23.0 Å². The highest BCUT2D eigenvalue weighted by Crippen LogP contribution is 2.29. The smallest absolute Gasteiger partial charge is 0.182 e. The normalized spacial score (nSPS) is 11.8. The summed E-state index contributed by atoms with van der Waals surface area (Å²) in [5.41, 5.74) is 1.32. The van der Waals surface area contributed by atoms with Gasteiger partial charge in [0.05, 0.1) is 27.5 Å². The van der Waals surface area contributed by atoms with E-state index in [0.29, 0.717) is 34.8 Å². The first-order valence-corrected chi connectivity index (χ1v) is 9.51. The van der Waals surface area contributed by atoms with Crippen LogP contribution in [0, 0.1) is 0 Å². The molecule has 7 heteroatoms. The van der Waals surface area contributed by atoms with E-state index in [1.165, 1.54) is 32.4 Å². The number of allylic oxidation sites excluding steroid dienone is 3. The van der Waals surface area contributed by atoms with Crippen LogP contribution < -0.4 is 14.2 Å². The molecule has 0 aliphatic rings. The summed E-state index contributed by atoms with van der Waals surface area (Å²) in [6.07, 6.45) is 7.15. The van der Waals surface area contributed by atoms with Crippen LogP contribution in [0.1, 0.15) is 17.5 Å². The quantitative estimate of drug-likeness (QED) is 0.230. The Hall–Kier alpha value is -3.74. The van der Waals surface area contributed by atoms with E-state index in [9.17, 15) is 19.4 Å². The van der Waals surface area contributed by atoms with Gasteiger partial charge in [-0.2, -0.15) is 0 Å². The average Bonchev–Trinajstić information content (AvgIpc) is 2.77. The maximum atomic E-state index is 12.2. The first kappa shape index (κ1) is 23.5. The number of ketones is 1. The number of benzene rings is 2. The number of rotatable bonds is 11. The van der Waals surface area contributed by atoms with Crippen molar-refractivity contribution in [3.05, 3.63) is 71.5 Å². The second-order valence-corrected chi connectivity index (χ2v) is 6.37. The predicted molar refractivity (Wildman–Crippen MR) is 118 cm³/mol. The summed E-state index contributed by atoms with van der Waals surface area (Å²) in [7, 11) is 2.94. The molecule has 2 aromatic rings. The fraction of sp³-hybridized carbons (Fsp3) is 0.208. The molecule has 31 heavy (non-hydrogen) atoms. The Morgan fingerprint density at radius 1 is 0.968 bits per heavy atom.